The molecule has 2 unspecified atom stereocenters. The third-order valence-electron chi connectivity index (χ3n) is 3.43. The van der Waals surface area contributed by atoms with Gasteiger partial charge in [-0.25, -0.2) is 9.59 Å². The maximum Gasteiger partial charge on any atom is 0.327 e. The van der Waals surface area contributed by atoms with E-state index in [0.29, 0.717) is 5.75 Å². The van der Waals surface area contributed by atoms with Gasteiger partial charge in [0.2, 0.25) is 0 Å². The van der Waals surface area contributed by atoms with Gasteiger partial charge in [-0.2, -0.15) is 0 Å². The van der Waals surface area contributed by atoms with Crippen molar-refractivity contribution in [1.29, 1.82) is 0 Å². The Balaban J connectivity index is 2.19. The summed E-state index contributed by atoms with van der Waals surface area (Å²) in [6.07, 6.45) is 0.779. The van der Waals surface area contributed by atoms with E-state index < -0.39 is 12.0 Å². The molecule has 1 aliphatic heterocycles. The SMILES string of the molecule is CCc1cc(Br)ccc1NC(=O)N1C(C)SCC1C(=O)O. The van der Waals surface area contributed by atoms with Crippen LogP contribution in [-0.4, -0.2) is 39.2 Å². The Kier molecular flexibility index (Phi) is 5.16. The van der Waals surface area contributed by atoms with Crippen molar-refractivity contribution in [2.24, 2.45) is 0 Å². The molecule has 0 saturated carbocycles. The van der Waals surface area contributed by atoms with E-state index in [1.54, 1.807) is 0 Å². The molecule has 5 nitrogen and oxygen atoms in total. The Morgan fingerprint density at radius 2 is 2.24 bits per heavy atom. The summed E-state index contributed by atoms with van der Waals surface area (Å²) in [5.74, 6) is -0.543. The summed E-state index contributed by atoms with van der Waals surface area (Å²) in [5.41, 5.74) is 1.73. The van der Waals surface area contributed by atoms with E-state index in [9.17, 15) is 14.7 Å². The van der Waals surface area contributed by atoms with E-state index in [0.717, 1.165) is 22.1 Å². The summed E-state index contributed by atoms with van der Waals surface area (Å²) in [6.45, 7) is 3.85. The molecule has 1 saturated heterocycles. The number of thioether (sulfide) groups is 1. The first-order chi connectivity index (χ1) is 9.93. The lowest BCUT2D eigenvalue weighted by molar-refractivity contribution is -0.141. The molecular weight excluding hydrogens is 356 g/mol. The molecule has 2 atom stereocenters. The number of urea groups is 1. The van der Waals surface area contributed by atoms with Gasteiger partial charge in [0.15, 0.2) is 0 Å². The lowest BCUT2D eigenvalue weighted by Crippen LogP contribution is -2.46. The van der Waals surface area contributed by atoms with Crippen LogP contribution in [-0.2, 0) is 11.2 Å². The molecule has 2 rings (SSSR count). The van der Waals surface area contributed by atoms with Crippen molar-refractivity contribution in [3.05, 3.63) is 28.2 Å². The fourth-order valence-corrected chi connectivity index (χ4v) is 3.87. The number of aryl methyl sites for hydroxylation is 1. The van der Waals surface area contributed by atoms with Crippen LogP contribution in [0.5, 0.6) is 0 Å². The monoisotopic (exact) mass is 372 g/mol. The number of halogens is 1. The molecule has 0 bridgehead atoms. The van der Waals surface area contributed by atoms with Gasteiger partial charge in [-0.1, -0.05) is 22.9 Å². The van der Waals surface area contributed by atoms with Crippen LogP contribution < -0.4 is 5.32 Å². The van der Waals surface area contributed by atoms with Crippen molar-refractivity contribution in [2.75, 3.05) is 11.1 Å². The minimum Gasteiger partial charge on any atom is -0.480 e. The smallest absolute Gasteiger partial charge is 0.327 e. The summed E-state index contributed by atoms with van der Waals surface area (Å²) < 4.78 is 0.950. The van der Waals surface area contributed by atoms with E-state index in [4.69, 9.17) is 0 Å². The fraction of sp³-hybridized carbons (Fsp3) is 0.429. The highest BCUT2D eigenvalue weighted by atomic mass is 79.9. The Bertz CT molecular complexity index is 567. The molecule has 1 heterocycles. The minimum atomic E-state index is -0.964. The van der Waals surface area contributed by atoms with Gasteiger partial charge in [0.25, 0.3) is 0 Å². The van der Waals surface area contributed by atoms with Gasteiger partial charge in [0, 0.05) is 15.9 Å². The highest BCUT2D eigenvalue weighted by molar-refractivity contribution is 9.10. The number of nitrogens with one attached hydrogen (secondary N) is 1. The average Bonchev–Trinajstić information content (AvgIpc) is 2.82. The van der Waals surface area contributed by atoms with Gasteiger partial charge in [-0.05, 0) is 37.1 Å². The summed E-state index contributed by atoms with van der Waals surface area (Å²) in [4.78, 5) is 25.1. The number of hydrogen-bond donors (Lipinski definition) is 2. The highest BCUT2D eigenvalue weighted by Crippen LogP contribution is 2.30. The van der Waals surface area contributed by atoms with Crippen molar-refractivity contribution in [3.63, 3.8) is 0 Å². The zero-order chi connectivity index (χ0) is 15.6. The normalized spacial score (nSPS) is 21.4. The first-order valence-electron chi connectivity index (χ1n) is 6.66. The van der Waals surface area contributed by atoms with Crippen LogP contribution >= 0.6 is 27.7 Å². The summed E-state index contributed by atoms with van der Waals surface area (Å²) in [7, 11) is 0. The van der Waals surface area contributed by atoms with Crippen molar-refractivity contribution in [2.45, 2.75) is 31.7 Å². The van der Waals surface area contributed by atoms with E-state index in [2.05, 4.69) is 21.2 Å². The van der Waals surface area contributed by atoms with Crippen LogP contribution in [0.3, 0.4) is 0 Å². The number of carbonyl (C=O) groups excluding carboxylic acids is 1. The van der Waals surface area contributed by atoms with Crippen LogP contribution in [0.2, 0.25) is 0 Å². The molecule has 1 fully saturated rings. The second-order valence-electron chi connectivity index (χ2n) is 4.78. The van der Waals surface area contributed by atoms with E-state index in [1.807, 2.05) is 32.0 Å². The lowest BCUT2D eigenvalue weighted by Gasteiger charge is -2.25. The van der Waals surface area contributed by atoms with Crippen molar-refractivity contribution >= 4 is 45.4 Å². The zero-order valence-corrected chi connectivity index (χ0v) is 14.2. The highest BCUT2D eigenvalue weighted by Gasteiger charge is 2.39. The predicted molar refractivity (Wildman–Crippen MR) is 87.7 cm³/mol. The van der Waals surface area contributed by atoms with E-state index in [1.165, 1.54) is 16.7 Å². The van der Waals surface area contributed by atoms with Gasteiger partial charge in [0.1, 0.15) is 6.04 Å². The second-order valence-corrected chi connectivity index (χ2v) is 7.04. The van der Waals surface area contributed by atoms with E-state index >= 15 is 0 Å². The standard InChI is InChI=1S/C14H17BrN2O3S/c1-3-9-6-10(15)4-5-11(9)16-14(20)17-8(2)21-7-12(17)13(18)19/h4-6,8,12H,3,7H2,1-2H3,(H,16,20)(H,18,19). The van der Waals surface area contributed by atoms with Gasteiger partial charge in [-0.15, -0.1) is 11.8 Å². The molecule has 0 aromatic heterocycles. The van der Waals surface area contributed by atoms with Crippen molar-refractivity contribution in [3.8, 4) is 0 Å². The quantitative estimate of drug-likeness (QED) is 0.852. The molecule has 1 aliphatic rings. The number of carbonyl (C=O) groups is 2. The Labute approximate surface area is 136 Å². The van der Waals surface area contributed by atoms with Crippen LogP contribution in [0.15, 0.2) is 22.7 Å². The summed E-state index contributed by atoms with van der Waals surface area (Å²) in [5, 5.41) is 11.9. The molecule has 2 N–H and O–H groups in total. The number of rotatable bonds is 3. The number of aliphatic carboxylic acids is 1. The summed E-state index contributed by atoms with van der Waals surface area (Å²) >= 11 is 4.87. The fourth-order valence-electron chi connectivity index (χ4n) is 2.30. The molecule has 0 radical (unpaired) electrons. The molecule has 1 aromatic rings. The first kappa shape index (κ1) is 16.2. The number of anilines is 1. The predicted octanol–water partition coefficient (Wildman–Crippen LogP) is 3.39. The molecule has 21 heavy (non-hydrogen) atoms. The third kappa shape index (κ3) is 3.52. The van der Waals surface area contributed by atoms with Crippen molar-refractivity contribution < 1.29 is 14.7 Å². The van der Waals surface area contributed by atoms with Crippen molar-refractivity contribution in [1.82, 2.24) is 4.90 Å². The number of amides is 2. The number of hydrogen-bond acceptors (Lipinski definition) is 3. The van der Waals surface area contributed by atoms with Gasteiger partial charge in [0.05, 0.1) is 5.37 Å². The molecule has 7 heteroatoms. The number of benzene rings is 1. The number of carboxylic acid groups (broad SMARTS) is 1. The first-order valence-corrected chi connectivity index (χ1v) is 8.50. The molecule has 114 valence electrons. The van der Waals surface area contributed by atoms with Gasteiger partial charge < -0.3 is 10.4 Å². The lowest BCUT2D eigenvalue weighted by atomic mass is 10.1. The topological polar surface area (TPSA) is 69.6 Å². The molecule has 1 aromatic carbocycles. The van der Waals surface area contributed by atoms with Crippen LogP contribution in [0.4, 0.5) is 10.5 Å². The van der Waals surface area contributed by atoms with Crippen LogP contribution in [0, 0.1) is 0 Å². The largest absolute Gasteiger partial charge is 0.480 e. The summed E-state index contributed by atoms with van der Waals surface area (Å²) in [6, 6.07) is 4.49. The third-order valence-corrected chi connectivity index (χ3v) is 5.14. The maximum atomic E-state index is 12.4. The Hall–Kier alpha value is -1.21. The number of nitrogens with zero attached hydrogens (tertiary/aromatic N) is 1. The average molecular weight is 373 g/mol. The minimum absolute atomic E-state index is 0.147. The van der Waals surface area contributed by atoms with Crippen LogP contribution in [0.1, 0.15) is 19.4 Å². The maximum absolute atomic E-state index is 12.4. The second kappa shape index (κ2) is 6.70. The Morgan fingerprint density at radius 1 is 1.52 bits per heavy atom. The van der Waals surface area contributed by atoms with Gasteiger partial charge in [-0.3, -0.25) is 4.90 Å². The molecule has 0 spiro atoms. The van der Waals surface area contributed by atoms with E-state index in [-0.39, 0.29) is 11.4 Å². The van der Waals surface area contributed by atoms with Gasteiger partial charge >= 0.3 is 12.0 Å². The van der Waals surface area contributed by atoms with Crippen LogP contribution in [0.25, 0.3) is 0 Å². The number of carboxylic acids is 1. The Morgan fingerprint density at radius 3 is 2.86 bits per heavy atom. The molecular formula is C14H17BrN2O3S. The molecule has 2 amide bonds. The zero-order valence-electron chi connectivity index (χ0n) is 11.8. The molecule has 0 aliphatic carbocycles.